The van der Waals surface area contributed by atoms with Crippen LogP contribution in [0.4, 0.5) is 5.82 Å². The van der Waals surface area contributed by atoms with Gasteiger partial charge in [-0.3, -0.25) is 19.5 Å². The Labute approximate surface area is 334 Å². The maximum atomic E-state index is 14.8. The summed E-state index contributed by atoms with van der Waals surface area (Å²) < 4.78 is 30.9. The number of nitrogens with zero attached hydrogens (tertiary/aromatic N) is 2. The van der Waals surface area contributed by atoms with Gasteiger partial charge in [0.2, 0.25) is 5.60 Å². The second-order valence-corrected chi connectivity index (χ2v) is 14.0. The number of ether oxygens (including phenoxy) is 5. The van der Waals surface area contributed by atoms with Crippen molar-refractivity contribution in [3.8, 4) is 11.5 Å². The highest BCUT2D eigenvalue weighted by Crippen LogP contribution is 2.55. The molecule has 1 aliphatic rings. The van der Waals surface area contributed by atoms with Crippen LogP contribution in [0.1, 0.15) is 45.8 Å². The molecule has 0 radical (unpaired) electrons. The fourth-order valence-electron chi connectivity index (χ4n) is 7.50. The highest BCUT2D eigenvalue weighted by molar-refractivity contribution is 6.08. The lowest BCUT2D eigenvalue weighted by molar-refractivity contribution is -0.228. The van der Waals surface area contributed by atoms with Crippen molar-refractivity contribution >= 4 is 17.6 Å². The first-order valence-electron chi connectivity index (χ1n) is 18.3. The first-order valence-corrected chi connectivity index (χ1v) is 18.3. The number of carbonyl (C=O) groups excluding carboxylic acids is 2. The van der Waals surface area contributed by atoms with Gasteiger partial charge in [0.1, 0.15) is 22.9 Å². The molecule has 1 unspecified atom stereocenters. The van der Waals surface area contributed by atoms with Crippen molar-refractivity contribution in [2.75, 3.05) is 40.3 Å². The zero-order valence-electron chi connectivity index (χ0n) is 32.6. The van der Waals surface area contributed by atoms with Crippen LogP contribution in [0.3, 0.4) is 0 Å². The fourth-order valence-corrected chi connectivity index (χ4v) is 7.50. The van der Waals surface area contributed by atoms with E-state index in [1.54, 1.807) is 85.8 Å². The summed E-state index contributed by atoms with van der Waals surface area (Å²) in [6, 6.07) is 30.7. The molecule has 15 heteroatoms. The number of anilines is 1. The minimum absolute atomic E-state index is 0.0424. The highest BCUT2D eigenvalue weighted by atomic mass is 16.6. The average molecular weight is 795 g/mol. The van der Waals surface area contributed by atoms with Crippen molar-refractivity contribution in [2.24, 2.45) is 0 Å². The smallest absolute Gasteiger partial charge is 0.351 e. The van der Waals surface area contributed by atoms with E-state index in [9.17, 15) is 29.7 Å². The van der Waals surface area contributed by atoms with Crippen LogP contribution in [0.2, 0.25) is 0 Å². The van der Waals surface area contributed by atoms with Crippen LogP contribution in [0.5, 0.6) is 11.5 Å². The molecule has 0 saturated carbocycles. The third-order valence-electron chi connectivity index (χ3n) is 10.9. The molecule has 1 aliphatic heterocycles. The van der Waals surface area contributed by atoms with Gasteiger partial charge in [-0.2, -0.15) is 4.98 Å². The maximum absolute atomic E-state index is 14.8. The van der Waals surface area contributed by atoms with Crippen LogP contribution in [0.15, 0.2) is 120 Å². The predicted molar refractivity (Wildman–Crippen MR) is 211 cm³/mol. The molecule has 58 heavy (non-hydrogen) atoms. The number of hydrogen-bond acceptors (Lipinski definition) is 13. The number of nitrogens with one attached hydrogen (secondary N) is 1. The quantitative estimate of drug-likeness (QED) is 0.0809. The molecule has 0 bridgehead atoms. The van der Waals surface area contributed by atoms with Gasteiger partial charge in [0.15, 0.2) is 17.4 Å². The molecule has 4 aromatic carbocycles. The molecule has 15 nitrogen and oxygen atoms in total. The van der Waals surface area contributed by atoms with Crippen molar-refractivity contribution < 1.29 is 48.6 Å². The number of aryl methyl sites for hydroxylation is 1. The molecule has 5 atom stereocenters. The third-order valence-corrected chi connectivity index (χ3v) is 10.9. The molecular formula is C43H46N4O11. The largest absolute Gasteiger partial charge is 0.497 e. The standard InChI is InChI=1S/C43H46N4O11/c1-27-24-47(39(51)45-35(27)44)38-42(52,28(2)54-3)43(53,37(50)46-36(49)29-12-8-6-9-13-29)40(25-48,58-38)26-57-41(30-14-10-7-11-15-30,31-16-20-33(55-4)21-17-31)32-18-22-34(56-5)23-19-32/h6-24,28,38,48,52-53H,25-26H2,1-5H3,(H2,44,45,51)(H,46,49,50)/t28?,38-,40-,42+,43-/m1/s1. The minimum Gasteiger partial charge on any atom is -0.497 e. The summed E-state index contributed by atoms with van der Waals surface area (Å²) in [5, 5.41) is 40.0. The molecule has 0 aliphatic carbocycles. The molecule has 5 aromatic rings. The Hall–Kier alpha value is -5.94. The van der Waals surface area contributed by atoms with E-state index in [1.165, 1.54) is 46.6 Å². The van der Waals surface area contributed by atoms with Crippen molar-refractivity contribution in [1.82, 2.24) is 14.9 Å². The number of benzene rings is 4. The number of aliphatic hydroxyl groups is 3. The SMILES string of the molecule is COc1ccc(C(OC[C@@]2(CO)O[C@@H](n3cc(C)c(N)nc3=O)[C@@](O)(C(C)OC)[C@@]2(O)C(=O)NC(=O)c2ccccc2)(c2ccccc2)c2ccc(OC)cc2)cc1. The lowest BCUT2D eigenvalue weighted by atomic mass is 9.69. The van der Waals surface area contributed by atoms with Gasteiger partial charge in [0.25, 0.3) is 11.8 Å². The van der Waals surface area contributed by atoms with Gasteiger partial charge >= 0.3 is 5.69 Å². The Balaban J connectivity index is 1.61. The van der Waals surface area contributed by atoms with Crippen molar-refractivity contribution in [3.63, 3.8) is 0 Å². The van der Waals surface area contributed by atoms with E-state index in [-0.39, 0.29) is 16.9 Å². The number of amides is 2. The number of nitrogens with two attached hydrogens (primary N) is 1. The molecule has 6 rings (SSSR count). The maximum Gasteiger partial charge on any atom is 0.351 e. The number of methoxy groups -OCH3 is 3. The molecular weight excluding hydrogens is 748 g/mol. The van der Waals surface area contributed by atoms with E-state index in [4.69, 9.17) is 29.4 Å². The molecule has 2 heterocycles. The summed E-state index contributed by atoms with van der Waals surface area (Å²) in [4.78, 5) is 45.8. The second-order valence-electron chi connectivity index (χ2n) is 14.0. The van der Waals surface area contributed by atoms with Crippen molar-refractivity contribution in [2.45, 2.75) is 48.6 Å². The Morgan fingerprint density at radius 2 is 1.40 bits per heavy atom. The zero-order chi connectivity index (χ0) is 41.9. The molecule has 1 fully saturated rings. The predicted octanol–water partition coefficient (Wildman–Crippen LogP) is 2.87. The number of aromatic nitrogens is 2. The molecule has 304 valence electrons. The Kier molecular flexibility index (Phi) is 11.9. The van der Waals surface area contributed by atoms with E-state index < -0.39 is 65.5 Å². The van der Waals surface area contributed by atoms with Crippen LogP contribution >= 0.6 is 0 Å². The van der Waals surface area contributed by atoms with Crippen molar-refractivity contribution in [3.05, 3.63) is 154 Å². The number of rotatable bonds is 14. The summed E-state index contributed by atoms with van der Waals surface area (Å²) in [6.45, 7) is 0.792. The normalized spacial score (nSPS) is 22.2. The minimum atomic E-state index is -3.34. The number of hydrogen-bond donors (Lipinski definition) is 5. The first-order chi connectivity index (χ1) is 27.8. The van der Waals surface area contributed by atoms with E-state index in [2.05, 4.69) is 10.3 Å². The number of carbonyl (C=O) groups is 2. The number of imide groups is 1. The molecule has 1 aromatic heterocycles. The zero-order valence-corrected chi connectivity index (χ0v) is 32.6. The van der Waals surface area contributed by atoms with Crippen LogP contribution < -0.4 is 26.2 Å². The van der Waals surface area contributed by atoms with Gasteiger partial charge in [-0.25, -0.2) is 4.79 Å². The van der Waals surface area contributed by atoms with Gasteiger partial charge < -0.3 is 44.7 Å². The van der Waals surface area contributed by atoms with Crippen LogP contribution in [-0.2, 0) is 24.6 Å². The van der Waals surface area contributed by atoms with Crippen LogP contribution in [-0.4, -0.2) is 94.1 Å². The van der Waals surface area contributed by atoms with E-state index >= 15 is 0 Å². The van der Waals surface area contributed by atoms with Crippen LogP contribution in [0, 0.1) is 6.92 Å². The summed E-state index contributed by atoms with van der Waals surface area (Å²) in [7, 11) is 4.25. The molecule has 1 saturated heterocycles. The van der Waals surface area contributed by atoms with Gasteiger partial charge in [-0.05, 0) is 66.9 Å². The Bertz CT molecular complexity index is 2240. The van der Waals surface area contributed by atoms with Gasteiger partial charge in [0.05, 0.1) is 33.5 Å². The van der Waals surface area contributed by atoms with Gasteiger partial charge in [-0.1, -0.05) is 72.8 Å². The van der Waals surface area contributed by atoms with E-state index in [0.717, 1.165) is 4.57 Å². The monoisotopic (exact) mass is 794 g/mol. The average Bonchev–Trinajstić information content (AvgIpc) is 3.46. The summed E-state index contributed by atoms with van der Waals surface area (Å²) in [6.07, 6.45) is -2.32. The topological polar surface area (TPSA) is 214 Å². The fraction of sp³-hybridized carbons (Fsp3) is 0.302. The van der Waals surface area contributed by atoms with Crippen molar-refractivity contribution in [1.29, 1.82) is 0 Å². The first kappa shape index (κ1) is 41.7. The molecule has 6 N–H and O–H groups in total. The van der Waals surface area contributed by atoms with Gasteiger partial charge in [0, 0.05) is 24.4 Å². The Morgan fingerprint density at radius 3 is 1.90 bits per heavy atom. The number of aliphatic hydroxyl groups excluding tert-OH is 1. The summed E-state index contributed by atoms with van der Waals surface area (Å²) in [5.74, 6) is -1.47. The highest BCUT2D eigenvalue weighted by Gasteiger charge is 2.80. The second kappa shape index (κ2) is 16.5. The Morgan fingerprint density at radius 1 is 0.879 bits per heavy atom. The summed E-state index contributed by atoms with van der Waals surface area (Å²) >= 11 is 0. The number of nitrogen functional groups attached to an aromatic ring is 1. The molecule has 0 spiro atoms. The third kappa shape index (κ3) is 6.81. The van der Waals surface area contributed by atoms with E-state index in [1.807, 2.05) is 18.2 Å². The van der Waals surface area contributed by atoms with Crippen LogP contribution in [0.25, 0.3) is 0 Å². The molecule has 2 amide bonds. The lowest BCUT2D eigenvalue weighted by Gasteiger charge is -2.47. The van der Waals surface area contributed by atoms with Gasteiger partial charge in [-0.15, -0.1) is 0 Å². The van der Waals surface area contributed by atoms with E-state index in [0.29, 0.717) is 28.2 Å². The lowest BCUT2D eigenvalue weighted by Crippen LogP contribution is -2.76. The summed E-state index contributed by atoms with van der Waals surface area (Å²) in [5.41, 5.74) is -3.69.